The number of carbonyl (C=O) groups excluding carboxylic acids is 2. The van der Waals surface area contributed by atoms with Gasteiger partial charge in [0, 0.05) is 17.7 Å². The van der Waals surface area contributed by atoms with Crippen LogP contribution < -0.4 is 15.4 Å². The summed E-state index contributed by atoms with van der Waals surface area (Å²) in [5, 5.41) is 13.1. The molecule has 0 atom stereocenters. The fourth-order valence-corrected chi connectivity index (χ4v) is 2.44. The number of amides is 1. The second kappa shape index (κ2) is 7.14. The number of hydrogen-bond donors (Lipinski definition) is 3. The molecule has 1 aliphatic rings. The molecule has 2 heterocycles. The summed E-state index contributed by atoms with van der Waals surface area (Å²) in [4.78, 5) is 23.6. The Labute approximate surface area is 138 Å². The predicted octanol–water partition coefficient (Wildman–Crippen LogP) is 1.84. The van der Waals surface area contributed by atoms with Gasteiger partial charge in [-0.3, -0.25) is 9.89 Å². The first-order valence-electron chi connectivity index (χ1n) is 7.70. The molecule has 3 rings (SSSR count). The van der Waals surface area contributed by atoms with Crippen molar-refractivity contribution in [1.29, 1.82) is 0 Å². The van der Waals surface area contributed by atoms with Crippen LogP contribution in [0, 0.1) is 0 Å². The molecule has 8 nitrogen and oxygen atoms in total. The van der Waals surface area contributed by atoms with Crippen LogP contribution in [0.3, 0.4) is 0 Å². The first-order valence-corrected chi connectivity index (χ1v) is 7.70. The highest BCUT2D eigenvalue weighted by Gasteiger charge is 2.18. The van der Waals surface area contributed by atoms with E-state index in [1.165, 1.54) is 12.1 Å². The molecule has 1 aromatic carbocycles. The predicted molar refractivity (Wildman–Crippen MR) is 86.0 cm³/mol. The molecule has 0 fully saturated rings. The van der Waals surface area contributed by atoms with Gasteiger partial charge < -0.3 is 20.1 Å². The largest absolute Gasteiger partial charge is 0.513 e. The number of benzene rings is 1. The maximum Gasteiger partial charge on any atom is 0.513 e. The van der Waals surface area contributed by atoms with E-state index in [2.05, 4.69) is 25.6 Å². The van der Waals surface area contributed by atoms with Crippen molar-refractivity contribution < 1.29 is 19.1 Å². The number of fused-ring (bicyclic) bond motifs is 1. The van der Waals surface area contributed by atoms with Crippen molar-refractivity contribution >= 4 is 17.9 Å². The van der Waals surface area contributed by atoms with Crippen molar-refractivity contribution in [2.75, 3.05) is 18.5 Å². The number of aromatic nitrogens is 2. The second-order valence-corrected chi connectivity index (χ2v) is 5.22. The van der Waals surface area contributed by atoms with Crippen LogP contribution in [0.1, 0.15) is 28.5 Å². The lowest BCUT2D eigenvalue weighted by atomic mass is 10.1. The van der Waals surface area contributed by atoms with E-state index in [1.54, 1.807) is 19.1 Å². The van der Waals surface area contributed by atoms with Crippen LogP contribution in [-0.2, 0) is 17.7 Å². The lowest BCUT2D eigenvalue weighted by molar-refractivity contribution is 0.102. The summed E-state index contributed by atoms with van der Waals surface area (Å²) in [7, 11) is 0. The van der Waals surface area contributed by atoms with E-state index in [0.717, 1.165) is 30.8 Å². The van der Waals surface area contributed by atoms with Crippen molar-refractivity contribution in [3.63, 3.8) is 0 Å². The van der Waals surface area contributed by atoms with E-state index < -0.39 is 6.16 Å². The van der Waals surface area contributed by atoms with Gasteiger partial charge in [-0.1, -0.05) is 0 Å². The molecule has 1 aromatic heterocycles. The van der Waals surface area contributed by atoms with Crippen LogP contribution in [0.4, 0.5) is 10.6 Å². The Balaban J connectivity index is 1.65. The molecule has 126 valence electrons. The number of rotatable bonds is 4. The molecule has 0 spiro atoms. The average molecular weight is 330 g/mol. The van der Waals surface area contributed by atoms with E-state index in [-0.39, 0.29) is 12.5 Å². The Morgan fingerprint density at radius 3 is 2.83 bits per heavy atom. The minimum absolute atomic E-state index is 0.239. The Kier molecular flexibility index (Phi) is 4.76. The Hall–Kier alpha value is -2.87. The zero-order valence-corrected chi connectivity index (χ0v) is 13.2. The smallest absolute Gasteiger partial charge is 0.434 e. The summed E-state index contributed by atoms with van der Waals surface area (Å²) in [6.45, 7) is 3.51. The summed E-state index contributed by atoms with van der Waals surface area (Å²) in [6, 6.07) is 6.22. The third-order valence-corrected chi connectivity index (χ3v) is 3.62. The van der Waals surface area contributed by atoms with Gasteiger partial charge >= 0.3 is 6.16 Å². The SMILES string of the molecule is CCOC(=O)Oc1ccc(C(=O)Nc2n[nH]c3c2CCNC3)cc1. The van der Waals surface area contributed by atoms with E-state index in [9.17, 15) is 9.59 Å². The van der Waals surface area contributed by atoms with Crippen LogP contribution in [-0.4, -0.2) is 35.4 Å². The summed E-state index contributed by atoms with van der Waals surface area (Å²) >= 11 is 0. The summed E-state index contributed by atoms with van der Waals surface area (Å²) < 4.78 is 9.64. The van der Waals surface area contributed by atoms with Gasteiger partial charge in [-0.2, -0.15) is 5.10 Å². The van der Waals surface area contributed by atoms with Gasteiger partial charge in [0.1, 0.15) is 5.75 Å². The maximum absolute atomic E-state index is 12.3. The molecular formula is C16H18N4O4. The fraction of sp³-hybridized carbons (Fsp3) is 0.312. The number of ether oxygens (including phenoxy) is 2. The molecule has 0 radical (unpaired) electrons. The average Bonchev–Trinajstić information content (AvgIpc) is 2.99. The van der Waals surface area contributed by atoms with Gasteiger partial charge in [-0.15, -0.1) is 0 Å². The van der Waals surface area contributed by atoms with Gasteiger partial charge in [-0.05, 0) is 44.2 Å². The van der Waals surface area contributed by atoms with Crippen molar-refractivity contribution in [2.45, 2.75) is 19.9 Å². The highest BCUT2D eigenvalue weighted by atomic mass is 16.7. The highest BCUT2D eigenvalue weighted by Crippen LogP contribution is 2.21. The summed E-state index contributed by atoms with van der Waals surface area (Å²) in [6.07, 6.45) is 0.0415. The molecule has 0 aliphatic carbocycles. The van der Waals surface area contributed by atoms with E-state index in [4.69, 9.17) is 4.74 Å². The number of hydrogen-bond acceptors (Lipinski definition) is 6. The van der Waals surface area contributed by atoms with Crippen LogP contribution in [0.15, 0.2) is 24.3 Å². The maximum atomic E-state index is 12.3. The third kappa shape index (κ3) is 3.54. The van der Waals surface area contributed by atoms with Gasteiger partial charge in [0.25, 0.3) is 5.91 Å². The topological polar surface area (TPSA) is 105 Å². The van der Waals surface area contributed by atoms with Crippen molar-refractivity contribution in [3.8, 4) is 5.75 Å². The van der Waals surface area contributed by atoms with Crippen molar-refractivity contribution in [3.05, 3.63) is 41.1 Å². The fourth-order valence-electron chi connectivity index (χ4n) is 2.44. The highest BCUT2D eigenvalue weighted by molar-refractivity contribution is 6.04. The van der Waals surface area contributed by atoms with Crippen molar-refractivity contribution in [2.24, 2.45) is 0 Å². The number of aromatic amines is 1. The van der Waals surface area contributed by atoms with Crippen LogP contribution in [0.5, 0.6) is 5.75 Å². The molecule has 0 bridgehead atoms. The standard InChI is InChI=1S/C16H18N4O4/c1-2-23-16(22)24-11-5-3-10(4-6-11)15(21)18-14-12-7-8-17-9-13(12)19-20-14/h3-6,17H,2,7-9H2,1H3,(H2,18,19,20,21). The third-order valence-electron chi connectivity index (χ3n) is 3.62. The monoisotopic (exact) mass is 330 g/mol. The molecule has 3 N–H and O–H groups in total. The second-order valence-electron chi connectivity index (χ2n) is 5.22. The molecule has 0 saturated carbocycles. The number of carbonyl (C=O) groups is 2. The molecule has 2 aromatic rings. The van der Waals surface area contributed by atoms with Crippen LogP contribution in [0.25, 0.3) is 0 Å². The molecular weight excluding hydrogens is 312 g/mol. The van der Waals surface area contributed by atoms with E-state index in [0.29, 0.717) is 17.1 Å². The molecule has 24 heavy (non-hydrogen) atoms. The number of anilines is 1. The first-order chi connectivity index (χ1) is 11.7. The zero-order chi connectivity index (χ0) is 16.9. The first kappa shape index (κ1) is 16.0. The van der Waals surface area contributed by atoms with Gasteiger partial charge in [0.15, 0.2) is 5.82 Å². The molecule has 1 amide bonds. The lowest BCUT2D eigenvalue weighted by Crippen LogP contribution is -2.24. The molecule has 0 saturated heterocycles. The molecule has 1 aliphatic heterocycles. The van der Waals surface area contributed by atoms with Crippen molar-refractivity contribution in [1.82, 2.24) is 15.5 Å². The van der Waals surface area contributed by atoms with Gasteiger partial charge in [-0.25, -0.2) is 4.79 Å². The number of nitrogens with one attached hydrogen (secondary N) is 3. The Bertz CT molecular complexity index is 739. The normalized spacial score (nSPS) is 13.0. The van der Waals surface area contributed by atoms with E-state index in [1.807, 2.05) is 0 Å². The minimum Gasteiger partial charge on any atom is -0.434 e. The van der Waals surface area contributed by atoms with Crippen LogP contribution in [0.2, 0.25) is 0 Å². The Morgan fingerprint density at radius 2 is 2.08 bits per heavy atom. The van der Waals surface area contributed by atoms with Crippen LogP contribution >= 0.6 is 0 Å². The molecule has 8 heteroatoms. The zero-order valence-electron chi connectivity index (χ0n) is 13.2. The van der Waals surface area contributed by atoms with Gasteiger partial charge in [0.05, 0.1) is 12.3 Å². The lowest BCUT2D eigenvalue weighted by Gasteiger charge is -2.13. The minimum atomic E-state index is -0.772. The summed E-state index contributed by atoms with van der Waals surface area (Å²) in [5.74, 6) is 0.599. The van der Waals surface area contributed by atoms with Gasteiger partial charge in [0.2, 0.25) is 0 Å². The summed E-state index contributed by atoms with van der Waals surface area (Å²) in [5.41, 5.74) is 2.47. The number of H-pyrrole nitrogens is 1. The quantitative estimate of drug-likeness (QED) is 0.583. The van der Waals surface area contributed by atoms with E-state index >= 15 is 0 Å². The molecule has 0 unspecified atom stereocenters. The number of nitrogens with zero attached hydrogens (tertiary/aromatic N) is 1. The Morgan fingerprint density at radius 1 is 1.29 bits per heavy atom.